The average molecular weight is 372 g/mol. The number of primary sulfonamides is 1. The first-order chi connectivity index (χ1) is 12.4. The van der Waals surface area contributed by atoms with Gasteiger partial charge in [-0.15, -0.1) is 5.10 Å². The van der Waals surface area contributed by atoms with Crippen molar-refractivity contribution in [2.24, 2.45) is 5.14 Å². The van der Waals surface area contributed by atoms with Gasteiger partial charge in [0, 0.05) is 0 Å². The molecule has 0 unspecified atom stereocenters. The van der Waals surface area contributed by atoms with Crippen LogP contribution in [0.2, 0.25) is 0 Å². The van der Waals surface area contributed by atoms with E-state index in [4.69, 9.17) is 5.14 Å². The Morgan fingerprint density at radius 2 is 1.85 bits per heavy atom. The Hall–Kier alpha value is -3.11. The lowest BCUT2D eigenvalue weighted by atomic mass is 10.1. The smallest absolute Gasteiger partial charge is 0.253 e. The molecule has 1 heterocycles. The molecule has 9 nitrogen and oxygen atoms in total. The van der Waals surface area contributed by atoms with Crippen LogP contribution in [0.15, 0.2) is 59.8 Å². The summed E-state index contributed by atoms with van der Waals surface area (Å²) >= 11 is 0. The fraction of sp³-hybridized carbons (Fsp3) is 0.125. The van der Waals surface area contributed by atoms with Crippen molar-refractivity contribution in [2.45, 2.75) is 17.9 Å². The normalized spacial score (nSPS) is 12.5. The minimum atomic E-state index is -3.75. The molecule has 1 amide bonds. The largest absolute Gasteiger partial charge is 0.345 e. The molecule has 0 aliphatic rings. The Bertz CT molecular complexity index is 1020. The SMILES string of the molecule is C[C@H](NC(=O)c1ccccc1-n1cnnn1)c1ccc(S(N)(=O)=O)cc1. The number of carbonyl (C=O) groups is 1. The number of aromatic nitrogens is 4. The minimum Gasteiger partial charge on any atom is -0.345 e. The molecule has 10 heteroatoms. The number of para-hydroxylation sites is 1. The molecule has 0 aliphatic heterocycles. The van der Waals surface area contributed by atoms with Gasteiger partial charge in [0.2, 0.25) is 10.0 Å². The predicted molar refractivity (Wildman–Crippen MR) is 92.9 cm³/mol. The molecule has 0 spiro atoms. The number of benzene rings is 2. The zero-order valence-electron chi connectivity index (χ0n) is 13.8. The fourth-order valence-electron chi connectivity index (χ4n) is 2.44. The summed E-state index contributed by atoms with van der Waals surface area (Å²) in [5.74, 6) is -0.306. The Balaban J connectivity index is 1.80. The number of hydrogen-bond donors (Lipinski definition) is 2. The van der Waals surface area contributed by atoms with Crippen LogP contribution < -0.4 is 10.5 Å². The van der Waals surface area contributed by atoms with Gasteiger partial charge in [-0.1, -0.05) is 24.3 Å². The van der Waals surface area contributed by atoms with Crippen molar-refractivity contribution in [3.63, 3.8) is 0 Å². The van der Waals surface area contributed by atoms with E-state index in [1.54, 1.807) is 43.3 Å². The maximum absolute atomic E-state index is 12.7. The molecule has 0 saturated heterocycles. The molecule has 134 valence electrons. The summed E-state index contributed by atoms with van der Waals surface area (Å²) in [5.41, 5.74) is 1.70. The maximum Gasteiger partial charge on any atom is 0.253 e. The van der Waals surface area contributed by atoms with Crippen LogP contribution >= 0.6 is 0 Å². The van der Waals surface area contributed by atoms with Gasteiger partial charge in [0.25, 0.3) is 5.91 Å². The molecule has 1 aromatic heterocycles. The fourth-order valence-corrected chi connectivity index (χ4v) is 2.96. The number of carbonyl (C=O) groups excluding carboxylic acids is 1. The minimum absolute atomic E-state index is 0.0174. The standard InChI is InChI=1S/C16H16N6O3S/c1-11(12-6-8-13(9-7-12)26(17,24)25)19-16(23)14-4-2-3-5-15(14)22-10-18-20-21-22/h2-11H,1H3,(H,19,23)(H2,17,24,25)/t11-/m0/s1. The van der Waals surface area contributed by atoms with Crippen molar-refractivity contribution in [3.05, 3.63) is 66.0 Å². The van der Waals surface area contributed by atoms with E-state index in [2.05, 4.69) is 20.8 Å². The summed E-state index contributed by atoms with van der Waals surface area (Å²) < 4.78 is 24.0. The highest BCUT2D eigenvalue weighted by Gasteiger charge is 2.17. The lowest BCUT2D eigenvalue weighted by molar-refractivity contribution is 0.0939. The number of nitrogens with two attached hydrogens (primary N) is 1. The van der Waals surface area contributed by atoms with Crippen LogP contribution in [0.25, 0.3) is 5.69 Å². The highest BCUT2D eigenvalue weighted by molar-refractivity contribution is 7.89. The second kappa shape index (κ2) is 7.02. The van der Waals surface area contributed by atoms with E-state index in [1.807, 2.05) is 0 Å². The number of sulfonamides is 1. The zero-order chi connectivity index (χ0) is 18.7. The lowest BCUT2D eigenvalue weighted by Crippen LogP contribution is -2.27. The van der Waals surface area contributed by atoms with Gasteiger partial charge in [0.1, 0.15) is 6.33 Å². The summed E-state index contributed by atoms with van der Waals surface area (Å²) in [6, 6.07) is 12.6. The van der Waals surface area contributed by atoms with E-state index in [-0.39, 0.29) is 16.8 Å². The maximum atomic E-state index is 12.7. The Kier molecular flexibility index (Phi) is 4.78. The van der Waals surface area contributed by atoms with Crippen LogP contribution in [-0.4, -0.2) is 34.5 Å². The van der Waals surface area contributed by atoms with Crippen LogP contribution in [0.4, 0.5) is 0 Å². The molecule has 0 fully saturated rings. The molecule has 0 radical (unpaired) electrons. The number of nitrogens with zero attached hydrogens (tertiary/aromatic N) is 4. The van der Waals surface area contributed by atoms with Crippen LogP contribution in [0, 0.1) is 0 Å². The van der Waals surface area contributed by atoms with E-state index in [0.29, 0.717) is 11.3 Å². The van der Waals surface area contributed by atoms with Crippen molar-refractivity contribution in [1.29, 1.82) is 0 Å². The van der Waals surface area contributed by atoms with Crippen molar-refractivity contribution in [1.82, 2.24) is 25.5 Å². The first-order valence-electron chi connectivity index (χ1n) is 7.62. The van der Waals surface area contributed by atoms with E-state index in [1.165, 1.54) is 23.1 Å². The average Bonchev–Trinajstić information content (AvgIpc) is 3.15. The summed E-state index contributed by atoms with van der Waals surface area (Å²) in [4.78, 5) is 12.7. The molecular weight excluding hydrogens is 356 g/mol. The van der Waals surface area contributed by atoms with Gasteiger partial charge in [-0.25, -0.2) is 13.6 Å². The zero-order valence-corrected chi connectivity index (χ0v) is 14.6. The monoisotopic (exact) mass is 372 g/mol. The van der Waals surface area contributed by atoms with Crippen molar-refractivity contribution >= 4 is 15.9 Å². The predicted octanol–water partition coefficient (Wildman–Crippen LogP) is 0.801. The number of amides is 1. The number of nitrogens with one attached hydrogen (secondary N) is 1. The quantitative estimate of drug-likeness (QED) is 0.681. The second-order valence-electron chi connectivity index (χ2n) is 5.58. The van der Waals surface area contributed by atoms with Gasteiger partial charge in [-0.3, -0.25) is 4.79 Å². The third kappa shape index (κ3) is 3.76. The van der Waals surface area contributed by atoms with Crippen molar-refractivity contribution in [3.8, 4) is 5.69 Å². The van der Waals surface area contributed by atoms with Crippen molar-refractivity contribution < 1.29 is 13.2 Å². The number of hydrogen-bond acceptors (Lipinski definition) is 6. The Labute approximate surface area is 149 Å². The third-order valence-electron chi connectivity index (χ3n) is 3.80. The van der Waals surface area contributed by atoms with Gasteiger partial charge >= 0.3 is 0 Å². The molecule has 26 heavy (non-hydrogen) atoms. The molecule has 3 rings (SSSR count). The van der Waals surface area contributed by atoms with Crippen LogP contribution in [-0.2, 0) is 10.0 Å². The van der Waals surface area contributed by atoms with Gasteiger partial charge in [-0.05, 0) is 47.2 Å². The summed E-state index contributed by atoms with van der Waals surface area (Å²) in [7, 11) is -3.75. The Morgan fingerprint density at radius 1 is 1.15 bits per heavy atom. The van der Waals surface area contributed by atoms with E-state index in [9.17, 15) is 13.2 Å². The molecule has 3 N–H and O–H groups in total. The van der Waals surface area contributed by atoms with Crippen LogP contribution in [0.3, 0.4) is 0 Å². The first kappa shape index (κ1) is 17.7. The molecule has 0 bridgehead atoms. The summed E-state index contributed by atoms with van der Waals surface area (Å²) in [6.45, 7) is 1.80. The highest BCUT2D eigenvalue weighted by atomic mass is 32.2. The van der Waals surface area contributed by atoms with E-state index < -0.39 is 10.0 Å². The van der Waals surface area contributed by atoms with Gasteiger partial charge in [0.15, 0.2) is 0 Å². The molecule has 0 aliphatic carbocycles. The van der Waals surface area contributed by atoms with Gasteiger partial charge < -0.3 is 5.32 Å². The highest BCUT2D eigenvalue weighted by Crippen LogP contribution is 2.18. The number of tetrazole rings is 1. The van der Waals surface area contributed by atoms with E-state index in [0.717, 1.165) is 5.56 Å². The second-order valence-corrected chi connectivity index (χ2v) is 7.14. The third-order valence-corrected chi connectivity index (χ3v) is 4.73. The summed E-state index contributed by atoms with van der Waals surface area (Å²) in [5, 5.41) is 18.9. The lowest BCUT2D eigenvalue weighted by Gasteiger charge is -2.16. The molecular formula is C16H16N6O3S. The molecule has 3 aromatic rings. The van der Waals surface area contributed by atoms with Gasteiger partial charge in [0.05, 0.1) is 22.2 Å². The molecule has 0 saturated carbocycles. The van der Waals surface area contributed by atoms with Crippen molar-refractivity contribution in [2.75, 3.05) is 0 Å². The van der Waals surface area contributed by atoms with Crippen LogP contribution in [0.5, 0.6) is 0 Å². The van der Waals surface area contributed by atoms with Crippen LogP contribution in [0.1, 0.15) is 28.9 Å². The molecule has 1 atom stereocenters. The van der Waals surface area contributed by atoms with E-state index >= 15 is 0 Å². The first-order valence-corrected chi connectivity index (χ1v) is 9.17. The molecule has 2 aromatic carbocycles. The number of rotatable bonds is 5. The summed E-state index contributed by atoms with van der Waals surface area (Å²) in [6.07, 6.45) is 1.40. The van der Waals surface area contributed by atoms with Gasteiger partial charge in [-0.2, -0.15) is 4.68 Å². The Morgan fingerprint density at radius 3 is 2.46 bits per heavy atom. The topological polar surface area (TPSA) is 133 Å².